The van der Waals surface area contributed by atoms with Crippen LogP contribution in [0.25, 0.3) is 0 Å². The van der Waals surface area contributed by atoms with Gasteiger partial charge in [0.05, 0.1) is 19.3 Å². The van der Waals surface area contributed by atoms with E-state index in [1.807, 2.05) is 0 Å². The molecule has 3 heterocycles. The minimum Gasteiger partial charge on any atom is -0.390 e. The molecule has 0 spiro atoms. The van der Waals surface area contributed by atoms with Crippen molar-refractivity contribution in [3.05, 3.63) is 32.6 Å². The van der Waals surface area contributed by atoms with Crippen molar-refractivity contribution in [1.82, 2.24) is 9.55 Å². The fourth-order valence-electron chi connectivity index (χ4n) is 3.28. The van der Waals surface area contributed by atoms with Gasteiger partial charge in [-0.15, -0.1) is 0 Å². The van der Waals surface area contributed by atoms with E-state index >= 15 is 0 Å². The molecule has 0 amide bonds. The van der Waals surface area contributed by atoms with E-state index in [0.717, 1.165) is 4.57 Å². The molecule has 17 heteroatoms. The molecule has 32 heavy (non-hydrogen) atoms. The Kier molecular flexibility index (Phi) is 7.90. The maximum absolute atomic E-state index is 12.3. The normalized spacial score (nSPS) is 30.5. The summed E-state index contributed by atoms with van der Waals surface area (Å²) in [6, 6.07) is 0. The van der Waals surface area contributed by atoms with Gasteiger partial charge in [-0.1, -0.05) is 0 Å². The Morgan fingerprint density at radius 3 is 2.56 bits per heavy atom. The van der Waals surface area contributed by atoms with Gasteiger partial charge in [0.15, 0.2) is 0 Å². The third-order valence-corrected chi connectivity index (χ3v) is 6.38. The number of ether oxygens (including phenoxy) is 2. The van der Waals surface area contributed by atoms with Gasteiger partial charge in [-0.3, -0.25) is 27.9 Å². The molecule has 2 aliphatic heterocycles. The smallest absolute Gasteiger partial charge is 0.390 e. The largest absolute Gasteiger partial charge is 0.472 e. The molecule has 0 saturated carbocycles. The number of hydrogen-bond donors (Lipinski definition) is 5. The summed E-state index contributed by atoms with van der Waals surface area (Å²) in [5, 5.41) is 10.2. The highest BCUT2D eigenvalue weighted by Gasteiger charge is 2.40. The van der Waals surface area contributed by atoms with Crippen molar-refractivity contribution in [2.45, 2.75) is 50.4 Å². The maximum Gasteiger partial charge on any atom is 0.472 e. The molecule has 0 radical (unpaired) electrons. The van der Waals surface area contributed by atoms with Crippen LogP contribution in [-0.2, 0) is 32.2 Å². The van der Waals surface area contributed by atoms with Crippen LogP contribution in [0.2, 0.25) is 0 Å². The Morgan fingerprint density at radius 2 is 1.88 bits per heavy atom. The second kappa shape index (κ2) is 9.95. The van der Waals surface area contributed by atoms with Crippen LogP contribution in [0.5, 0.6) is 0 Å². The van der Waals surface area contributed by atoms with Crippen molar-refractivity contribution in [1.29, 1.82) is 0 Å². The number of phosphoric acid groups is 2. The third-order valence-electron chi connectivity index (χ3n) is 4.89. The molecule has 6 atom stereocenters. The number of hydrogen-bond acceptors (Lipinski definition) is 10. The predicted molar refractivity (Wildman–Crippen MR) is 104 cm³/mol. The van der Waals surface area contributed by atoms with E-state index in [1.54, 1.807) is 0 Å². The van der Waals surface area contributed by atoms with Crippen LogP contribution in [0.3, 0.4) is 0 Å². The number of rotatable bonds is 9. The number of aliphatic hydroxyl groups is 1. The van der Waals surface area contributed by atoms with Gasteiger partial charge in [0.1, 0.15) is 24.5 Å². The van der Waals surface area contributed by atoms with Crippen molar-refractivity contribution in [2.24, 2.45) is 0 Å². The SMILES string of the molecule is Cc1cn([C@H]2C[C@H](O)[C@@H](COP(=O)(O)O[C@H]3CCO[C@@H]3COP(=O)(O)O)O2)c(=O)[nH]c1=O. The molecule has 1 unspecified atom stereocenters. The molecule has 0 aliphatic carbocycles. The molecule has 15 nitrogen and oxygen atoms in total. The summed E-state index contributed by atoms with van der Waals surface area (Å²) in [5.74, 6) is 0. The van der Waals surface area contributed by atoms with Crippen LogP contribution in [-0.4, -0.2) is 73.6 Å². The standard InChI is InChI=1S/C15H24N2O13P2/c1-8-5-17(15(20)16-14(8)19)13-4-9(18)11(29-13)6-28-32(24,25)30-10-2-3-26-12(10)7-27-31(21,22)23/h5,9-13,18H,2-4,6-7H2,1H3,(H,24,25)(H,16,19,20)(H2,21,22,23)/t9-,10-,11+,12+,13+/m0/s1. The number of aromatic nitrogens is 2. The molecule has 2 fully saturated rings. The molecule has 0 bridgehead atoms. The highest BCUT2D eigenvalue weighted by atomic mass is 31.2. The van der Waals surface area contributed by atoms with E-state index in [0.29, 0.717) is 0 Å². The fraction of sp³-hybridized carbons (Fsp3) is 0.733. The lowest BCUT2D eigenvalue weighted by molar-refractivity contribution is -0.0511. The van der Waals surface area contributed by atoms with Gasteiger partial charge >= 0.3 is 21.3 Å². The molecule has 182 valence electrons. The van der Waals surface area contributed by atoms with Gasteiger partial charge in [0, 0.05) is 31.2 Å². The van der Waals surface area contributed by atoms with E-state index in [9.17, 15) is 28.7 Å². The number of phosphoric ester groups is 2. The lowest BCUT2D eigenvalue weighted by Crippen LogP contribution is -2.33. The van der Waals surface area contributed by atoms with Gasteiger partial charge in [0.2, 0.25) is 0 Å². The Bertz CT molecular complexity index is 1020. The zero-order valence-corrected chi connectivity index (χ0v) is 18.6. The van der Waals surface area contributed by atoms with Crippen LogP contribution in [0, 0.1) is 6.92 Å². The van der Waals surface area contributed by atoms with Crippen LogP contribution >= 0.6 is 15.6 Å². The summed E-state index contributed by atoms with van der Waals surface area (Å²) < 4.78 is 49.2. The van der Waals surface area contributed by atoms with Crippen molar-refractivity contribution >= 4 is 15.6 Å². The molecule has 5 N–H and O–H groups in total. The highest BCUT2D eigenvalue weighted by Crippen LogP contribution is 2.48. The fourth-order valence-corrected chi connectivity index (χ4v) is 4.60. The second-order valence-corrected chi connectivity index (χ2v) is 9.95. The first-order valence-electron chi connectivity index (χ1n) is 9.47. The summed E-state index contributed by atoms with van der Waals surface area (Å²) in [4.78, 5) is 53.1. The minimum atomic E-state index is -4.76. The second-order valence-electron chi connectivity index (χ2n) is 7.30. The Labute approximate surface area is 180 Å². The zero-order valence-electron chi connectivity index (χ0n) is 16.8. The van der Waals surface area contributed by atoms with Gasteiger partial charge in [0.25, 0.3) is 5.56 Å². The molecule has 2 saturated heterocycles. The molecular weight excluding hydrogens is 478 g/mol. The van der Waals surface area contributed by atoms with E-state index in [2.05, 4.69) is 9.51 Å². The topological polar surface area (TPSA) is 216 Å². The highest BCUT2D eigenvalue weighted by molar-refractivity contribution is 7.47. The maximum atomic E-state index is 12.3. The molecular formula is C15H24N2O13P2. The van der Waals surface area contributed by atoms with Crippen molar-refractivity contribution < 1.29 is 52.0 Å². The average Bonchev–Trinajstić information content (AvgIpc) is 3.26. The van der Waals surface area contributed by atoms with Crippen molar-refractivity contribution in [3.8, 4) is 0 Å². The zero-order chi connectivity index (χ0) is 23.7. The van der Waals surface area contributed by atoms with Gasteiger partial charge < -0.3 is 29.3 Å². The third kappa shape index (κ3) is 6.65. The summed E-state index contributed by atoms with van der Waals surface area (Å²) >= 11 is 0. The predicted octanol–water partition coefficient (Wildman–Crippen LogP) is -1.11. The van der Waals surface area contributed by atoms with E-state index in [1.165, 1.54) is 13.1 Å². The number of aliphatic hydroxyl groups excluding tert-OH is 1. The Hall–Kier alpha value is -1.22. The summed E-state index contributed by atoms with van der Waals surface area (Å²) in [5.41, 5.74) is -1.03. The summed E-state index contributed by atoms with van der Waals surface area (Å²) in [7, 11) is -9.43. The average molecular weight is 502 g/mol. The monoisotopic (exact) mass is 502 g/mol. The van der Waals surface area contributed by atoms with Gasteiger partial charge in [-0.05, 0) is 6.92 Å². The first-order valence-corrected chi connectivity index (χ1v) is 12.5. The number of aryl methyl sites for hydroxylation is 1. The molecule has 2 aliphatic rings. The molecule has 1 aromatic rings. The summed E-state index contributed by atoms with van der Waals surface area (Å²) in [6.07, 6.45) is -3.77. The first-order chi connectivity index (χ1) is 14.8. The van der Waals surface area contributed by atoms with E-state index < -0.39 is 70.8 Å². The molecule has 0 aromatic carbocycles. The number of H-pyrrole nitrogens is 1. The van der Waals surface area contributed by atoms with E-state index in [-0.39, 0.29) is 25.0 Å². The number of nitrogens with zero attached hydrogens (tertiary/aromatic N) is 1. The summed E-state index contributed by atoms with van der Waals surface area (Å²) in [6.45, 7) is 0.485. The van der Waals surface area contributed by atoms with Crippen molar-refractivity contribution in [3.63, 3.8) is 0 Å². The van der Waals surface area contributed by atoms with Gasteiger partial charge in [-0.25, -0.2) is 13.9 Å². The number of aromatic amines is 1. The lowest BCUT2D eigenvalue weighted by atomic mass is 10.2. The minimum absolute atomic E-state index is 0.0335. The number of nitrogens with one attached hydrogen (secondary N) is 1. The van der Waals surface area contributed by atoms with Crippen LogP contribution in [0.15, 0.2) is 15.8 Å². The van der Waals surface area contributed by atoms with Gasteiger partial charge in [-0.2, -0.15) is 0 Å². The molecule has 3 rings (SSSR count). The Balaban J connectivity index is 1.56. The van der Waals surface area contributed by atoms with Crippen LogP contribution in [0.1, 0.15) is 24.6 Å². The Morgan fingerprint density at radius 1 is 1.19 bits per heavy atom. The van der Waals surface area contributed by atoms with Crippen LogP contribution in [0.4, 0.5) is 0 Å². The first kappa shape index (κ1) is 25.4. The quantitative estimate of drug-likeness (QED) is 0.254. The molecule has 1 aromatic heterocycles. The lowest BCUT2D eigenvalue weighted by Gasteiger charge is -2.23. The van der Waals surface area contributed by atoms with Crippen LogP contribution < -0.4 is 11.2 Å². The van der Waals surface area contributed by atoms with E-state index in [4.69, 9.17) is 28.3 Å². The van der Waals surface area contributed by atoms with Crippen molar-refractivity contribution in [2.75, 3.05) is 19.8 Å².